The Kier molecular flexibility index (Phi) is 7.21. The number of benzene rings is 1. The first-order valence-corrected chi connectivity index (χ1v) is 12.5. The standard InChI is InChI=1S/C24H24F3N3O4S/c1-14(2)30-13-19(23(32)29-12-16-5-7-18(8-6-16)35(4,33)34)22(31)21(15(30)3)17-9-10-28-20(11-17)24(25,26)27/h5-11,13-14H,12H2,1-4H3,(H,29,32). The Balaban J connectivity index is 2.01. The van der Waals surface area contributed by atoms with Gasteiger partial charge in [0.15, 0.2) is 9.84 Å². The van der Waals surface area contributed by atoms with Gasteiger partial charge >= 0.3 is 6.18 Å². The van der Waals surface area contributed by atoms with Gasteiger partial charge in [0, 0.05) is 42.5 Å². The molecule has 1 amide bonds. The van der Waals surface area contributed by atoms with Crippen LogP contribution in [0.4, 0.5) is 13.2 Å². The van der Waals surface area contributed by atoms with Crippen LogP contribution in [0, 0.1) is 6.92 Å². The molecule has 2 heterocycles. The average Bonchev–Trinajstić information content (AvgIpc) is 2.76. The summed E-state index contributed by atoms with van der Waals surface area (Å²) in [5.74, 6) is -0.706. The molecule has 0 spiro atoms. The zero-order valence-electron chi connectivity index (χ0n) is 19.5. The van der Waals surface area contributed by atoms with E-state index in [1.807, 2.05) is 13.8 Å². The molecule has 0 saturated heterocycles. The number of halogens is 3. The molecule has 0 aliphatic carbocycles. The molecule has 0 radical (unpaired) electrons. The van der Waals surface area contributed by atoms with E-state index in [0.717, 1.165) is 18.5 Å². The molecule has 3 rings (SSSR count). The van der Waals surface area contributed by atoms with Gasteiger partial charge in [0.2, 0.25) is 5.43 Å². The summed E-state index contributed by atoms with van der Waals surface area (Å²) < 4.78 is 64.5. The fourth-order valence-electron chi connectivity index (χ4n) is 3.63. The number of amides is 1. The summed E-state index contributed by atoms with van der Waals surface area (Å²) in [5.41, 5.74) is -1.06. The van der Waals surface area contributed by atoms with E-state index in [1.165, 1.54) is 24.4 Å². The number of carbonyl (C=O) groups is 1. The fourth-order valence-corrected chi connectivity index (χ4v) is 4.26. The fraction of sp³-hybridized carbons (Fsp3) is 0.292. The molecule has 1 aromatic carbocycles. The van der Waals surface area contributed by atoms with Crippen LogP contribution in [0.3, 0.4) is 0 Å². The predicted octanol–water partition coefficient (Wildman–Crippen LogP) is 4.15. The summed E-state index contributed by atoms with van der Waals surface area (Å²) in [6.45, 7) is 5.26. The molecule has 0 atom stereocenters. The van der Waals surface area contributed by atoms with Crippen molar-refractivity contribution in [1.29, 1.82) is 0 Å². The monoisotopic (exact) mass is 507 g/mol. The van der Waals surface area contributed by atoms with E-state index < -0.39 is 33.0 Å². The van der Waals surface area contributed by atoms with Crippen LogP contribution in [0.1, 0.15) is 47.2 Å². The number of hydrogen-bond acceptors (Lipinski definition) is 5. The van der Waals surface area contributed by atoms with Crippen molar-refractivity contribution in [2.45, 2.75) is 44.4 Å². The van der Waals surface area contributed by atoms with Crippen molar-refractivity contribution in [3.63, 3.8) is 0 Å². The van der Waals surface area contributed by atoms with E-state index in [1.54, 1.807) is 23.6 Å². The third-order valence-electron chi connectivity index (χ3n) is 5.43. The molecule has 35 heavy (non-hydrogen) atoms. The molecule has 11 heteroatoms. The third-order valence-corrected chi connectivity index (χ3v) is 6.56. The van der Waals surface area contributed by atoms with Crippen molar-refractivity contribution < 1.29 is 26.4 Å². The Bertz CT molecular complexity index is 1430. The Morgan fingerprint density at radius 2 is 1.77 bits per heavy atom. The van der Waals surface area contributed by atoms with E-state index in [-0.39, 0.29) is 34.2 Å². The highest BCUT2D eigenvalue weighted by atomic mass is 32.2. The molecular formula is C24H24F3N3O4S. The number of rotatable bonds is 6. The van der Waals surface area contributed by atoms with Gasteiger partial charge < -0.3 is 9.88 Å². The molecule has 3 aromatic rings. The first-order chi connectivity index (χ1) is 16.2. The maximum atomic E-state index is 13.3. The predicted molar refractivity (Wildman–Crippen MR) is 125 cm³/mol. The zero-order chi connectivity index (χ0) is 26.1. The molecule has 186 valence electrons. The summed E-state index contributed by atoms with van der Waals surface area (Å²) in [6, 6.07) is 7.81. The molecule has 2 aromatic heterocycles. The number of sulfone groups is 1. The summed E-state index contributed by atoms with van der Waals surface area (Å²) in [4.78, 5) is 29.7. The number of alkyl halides is 3. The minimum Gasteiger partial charge on any atom is -0.348 e. The van der Waals surface area contributed by atoms with Crippen molar-refractivity contribution in [3.05, 3.63) is 81.5 Å². The van der Waals surface area contributed by atoms with Crippen LogP contribution in [0.25, 0.3) is 11.1 Å². The number of nitrogens with zero attached hydrogens (tertiary/aromatic N) is 2. The lowest BCUT2D eigenvalue weighted by Gasteiger charge is -2.20. The second-order valence-corrected chi connectivity index (χ2v) is 10.4. The van der Waals surface area contributed by atoms with E-state index in [4.69, 9.17) is 0 Å². The quantitative estimate of drug-likeness (QED) is 0.541. The van der Waals surface area contributed by atoms with Gasteiger partial charge in [0.05, 0.1) is 4.90 Å². The molecule has 0 aliphatic rings. The Hall–Kier alpha value is -3.47. The van der Waals surface area contributed by atoms with Crippen LogP contribution in [-0.2, 0) is 22.6 Å². The van der Waals surface area contributed by atoms with Gasteiger partial charge in [-0.15, -0.1) is 0 Å². The molecule has 0 unspecified atom stereocenters. The Morgan fingerprint density at radius 3 is 2.31 bits per heavy atom. The number of hydrogen-bond donors (Lipinski definition) is 1. The van der Waals surface area contributed by atoms with Crippen LogP contribution in [0.15, 0.2) is 58.5 Å². The minimum atomic E-state index is -4.69. The Morgan fingerprint density at radius 1 is 1.14 bits per heavy atom. The summed E-state index contributed by atoms with van der Waals surface area (Å²) in [7, 11) is -3.37. The smallest absolute Gasteiger partial charge is 0.348 e. The van der Waals surface area contributed by atoms with Crippen molar-refractivity contribution in [2.75, 3.05) is 6.26 Å². The lowest BCUT2D eigenvalue weighted by Crippen LogP contribution is -2.31. The average molecular weight is 508 g/mol. The summed E-state index contributed by atoms with van der Waals surface area (Å²) in [6.07, 6.45) is -1.24. The maximum Gasteiger partial charge on any atom is 0.433 e. The summed E-state index contributed by atoms with van der Waals surface area (Å²) in [5, 5.41) is 2.62. The van der Waals surface area contributed by atoms with Crippen molar-refractivity contribution in [3.8, 4) is 11.1 Å². The molecule has 0 saturated carbocycles. The first-order valence-electron chi connectivity index (χ1n) is 10.6. The van der Waals surface area contributed by atoms with Gasteiger partial charge in [-0.25, -0.2) is 8.42 Å². The minimum absolute atomic E-state index is 0.00948. The van der Waals surface area contributed by atoms with Crippen molar-refractivity contribution >= 4 is 15.7 Å². The molecule has 7 nitrogen and oxygen atoms in total. The molecule has 1 N–H and O–H groups in total. The number of carbonyl (C=O) groups excluding carboxylic acids is 1. The van der Waals surface area contributed by atoms with Gasteiger partial charge in [-0.1, -0.05) is 12.1 Å². The van der Waals surface area contributed by atoms with Crippen LogP contribution in [0.2, 0.25) is 0 Å². The second kappa shape index (κ2) is 9.65. The third kappa shape index (κ3) is 5.79. The van der Waals surface area contributed by atoms with Gasteiger partial charge in [0.25, 0.3) is 5.91 Å². The number of aromatic nitrogens is 2. The molecule has 0 aliphatic heterocycles. The van der Waals surface area contributed by atoms with Crippen LogP contribution in [0.5, 0.6) is 0 Å². The number of pyridine rings is 2. The Labute approximate surface area is 200 Å². The zero-order valence-corrected chi connectivity index (χ0v) is 20.3. The van der Waals surface area contributed by atoms with E-state index in [2.05, 4.69) is 10.3 Å². The SMILES string of the molecule is Cc1c(-c2ccnc(C(F)(F)F)c2)c(=O)c(C(=O)NCc2ccc(S(C)(=O)=O)cc2)cn1C(C)C. The van der Waals surface area contributed by atoms with E-state index >= 15 is 0 Å². The van der Waals surface area contributed by atoms with Gasteiger partial charge in [-0.2, -0.15) is 13.2 Å². The maximum absolute atomic E-state index is 13.3. The van der Waals surface area contributed by atoms with Gasteiger partial charge in [-0.05, 0) is 56.2 Å². The van der Waals surface area contributed by atoms with Crippen molar-refractivity contribution in [1.82, 2.24) is 14.9 Å². The lowest BCUT2D eigenvalue weighted by molar-refractivity contribution is -0.141. The highest BCUT2D eigenvalue weighted by Crippen LogP contribution is 2.31. The van der Waals surface area contributed by atoms with Crippen LogP contribution < -0.4 is 10.7 Å². The molecule has 0 bridgehead atoms. The largest absolute Gasteiger partial charge is 0.433 e. The van der Waals surface area contributed by atoms with Crippen LogP contribution >= 0.6 is 0 Å². The van der Waals surface area contributed by atoms with E-state index in [9.17, 15) is 31.2 Å². The van der Waals surface area contributed by atoms with Crippen molar-refractivity contribution in [2.24, 2.45) is 0 Å². The van der Waals surface area contributed by atoms with Crippen LogP contribution in [-0.4, -0.2) is 30.1 Å². The highest BCUT2D eigenvalue weighted by Gasteiger charge is 2.33. The number of nitrogens with one attached hydrogen (secondary N) is 1. The van der Waals surface area contributed by atoms with Gasteiger partial charge in [-0.3, -0.25) is 14.6 Å². The molecular weight excluding hydrogens is 483 g/mol. The van der Waals surface area contributed by atoms with Gasteiger partial charge in [0.1, 0.15) is 11.3 Å². The topological polar surface area (TPSA) is 98.1 Å². The lowest BCUT2D eigenvalue weighted by atomic mass is 10.0. The second-order valence-electron chi connectivity index (χ2n) is 8.36. The summed E-state index contributed by atoms with van der Waals surface area (Å²) >= 11 is 0. The molecule has 0 fully saturated rings. The first kappa shape index (κ1) is 26.1. The highest BCUT2D eigenvalue weighted by molar-refractivity contribution is 7.90. The normalized spacial score (nSPS) is 12.1. The van der Waals surface area contributed by atoms with E-state index in [0.29, 0.717) is 11.3 Å².